The van der Waals surface area contributed by atoms with Crippen LogP contribution in [0.15, 0.2) is 108 Å². The van der Waals surface area contributed by atoms with Crippen molar-refractivity contribution >= 4 is 11.0 Å². The summed E-state index contributed by atoms with van der Waals surface area (Å²) in [6.45, 7) is 0. The maximum Gasteiger partial charge on any atom is 0.282 e. The minimum absolute atomic E-state index is 0.0304. The number of nitrogens with one attached hydrogen (secondary N) is 2. The largest absolute Gasteiger partial charge is 0.346 e. The summed E-state index contributed by atoms with van der Waals surface area (Å²) in [5.41, 5.74) is 5.26. The van der Waals surface area contributed by atoms with Crippen molar-refractivity contribution < 1.29 is 0 Å². The maximum atomic E-state index is 13.4. The summed E-state index contributed by atoms with van der Waals surface area (Å²) in [5, 5.41) is 10.2. The lowest BCUT2D eigenvalue weighted by Crippen LogP contribution is -2.47. The Morgan fingerprint density at radius 1 is 0.812 bits per heavy atom. The Labute approximate surface area is 184 Å². The third-order valence-electron chi connectivity index (χ3n) is 5.59. The van der Waals surface area contributed by atoms with E-state index < -0.39 is 5.54 Å². The predicted octanol–water partition coefficient (Wildman–Crippen LogP) is 4.13. The average molecular weight is 417 g/mol. The first-order chi connectivity index (χ1) is 15.7. The summed E-state index contributed by atoms with van der Waals surface area (Å²) in [7, 11) is 0. The lowest BCUT2D eigenvalue weighted by atomic mass is 9.77. The van der Waals surface area contributed by atoms with Gasteiger partial charge in [0.2, 0.25) is 5.82 Å². The molecule has 6 nitrogen and oxygen atoms in total. The van der Waals surface area contributed by atoms with Crippen LogP contribution in [0.5, 0.6) is 0 Å². The first-order valence-corrected chi connectivity index (χ1v) is 10.2. The molecular formula is C26H19N5O. The predicted molar refractivity (Wildman–Crippen MR) is 124 cm³/mol. The molecule has 0 aliphatic heterocycles. The van der Waals surface area contributed by atoms with Gasteiger partial charge < -0.3 is 10.4 Å². The molecule has 32 heavy (non-hydrogen) atoms. The number of H-pyrrole nitrogens is 1. The van der Waals surface area contributed by atoms with E-state index in [-0.39, 0.29) is 11.4 Å². The molecule has 2 N–H and O–H groups in total. The number of nitrogens with zero attached hydrogens (tertiary/aromatic N) is 3. The van der Waals surface area contributed by atoms with Crippen molar-refractivity contribution in [1.29, 1.82) is 5.26 Å². The third-order valence-corrected chi connectivity index (χ3v) is 5.59. The Kier molecular flexibility index (Phi) is 4.77. The first-order valence-electron chi connectivity index (χ1n) is 10.2. The Bertz CT molecular complexity index is 1370. The van der Waals surface area contributed by atoms with E-state index >= 15 is 0 Å². The van der Waals surface area contributed by atoms with Crippen LogP contribution in [0.2, 0.25) is 0 Å². The van der Waals surface area contributed by atoms with Crippen LogP contribution in [0, 0.1) is 11.3 Å². The lowest BCUT2D eigenvalue weighted by molar-refractivity contribution is 0.593. The highest BCUT2D eigenvalue weighted by Crippen LogP contribution is 2.37. The van der Waals surface area contributed by atoms with E-state index in [0.29, 0.717) is 11.0 Å². The van der Waals surface area contributed by atoms with Gasteiger partial charge in [-0.2, -0.15) is 9.94 Å². The summed E-state index contributed by atoms with van der Waals surface area (Å²) >= 11 is 0. The topological polar surface area (TPSA) is 86.5 Å². The van der Waals surface area contributed by atoms with Crippen molar-refractivity contribution in [3.63, 3.8) is 0 Å². The summed E-state index contributed by atoms with van der Waals surface area (Å²) in [5.74, 6) is -0.0304. The second-order valence-electron chi connectivity index (χ2n) is 7.39. The monoisotopic (exact) mass is 417 g/mol. The fourth-order valence-corrected chi connectivity index (χ4v) is 4.10. The Hall–Kier alpha value is -4.63. The smallest absolute Gasteiger partial charge is 0.282 e. The number of fused-ring (bicyclic) bond motifs is 1. The molecule has 0 atom stereocenters. The van der Waals surface area contributed by atoms with E-state index in [1.807, 2.05) is 91.0 Å². The molecule has 0 amide bonds. The van der Waals surface area contributed by atoms with Crippen LogP contribution in [-0.2, 0) is 5.54 Å². The zero-order chi connectivity index (χ0) is 22.0. The zero-order valence-corrected chi connectivity index (χ0v) is 17.1. The Morgan fingerprint density at radius 2 is 1.31 bits per heavy atom. The summed E-state index contributed by atoms with van der Waals surface area (Å²) in [6, 6.07) is 33.4. The standard InChI is InChI=1S/C26H19N5O/c27-18-23-29-24-22(16-17-28-24)25(32)31(23)30-26(19-10-4-1-5-11-19,20-12-6-2-7-13-20)21-14-8-3-9-15-21/h1-17,28,30H. The molecule has 0 spiro atoms. The molecule has 0 fully saturated rings. The minimum atomic E-state index is -0.954. The molecule has 0 radical (unpaired) electrons. The molecule has 0 saturated heterocycles. The van der Waals surface area contributed by atoms with Gasteiger partial charge in [-0.25, -0.2) is 4.98 Å². The van der Waals surface area contributed by atoms with Gasteiger partial charge in [0.25, 0.3) is 5.56 Å². The lowest BCUT2D eigenvalue weighted by Gasteiger charge is -2.38. The highest BCUT2D eigenvalue weighted by Gasteiger charge is 2.37. The molecule has 154 valence electrons. The second-order valence-corrected chi connectivity index (χ2v) is 7.39. The van der Waals surface area contributed by atoms with Gasteiger partial charge in [0.05, 0.1) is 5.39 Å². The summed E-state index contributed by atoms with van der Waals surface area (Å²) < 4.78 is 1.25. The number of hydrogen-bond acceptors (Lipinski definition) is 4. The first kappa shape index (κ1) is 19.3. The molecular weight excluding hydrogens is 398 g/mol. The highest BCUT2D eigenvalue weighted by molar-refractivity contribution is 5.74. The molecule has 0 unspecified atom stereocenters. The van der Waals surface area contributed by atoms with E-state index in [0.717, 1.165) is 16.7 Å². The number of hydrogen-bond donors (Lipinski definition) is 2. The fourth-order valence-electron chi connectivity index (χ4n) is 4.10. The molecule has 0 saturated carbocycles. The van der Waals surface area contributed by atoms with Gasteiger partial charge in [-0.1, -0.05) is 91.0 Å². The zero-order valence-electron chi connectivity index (χ0n) is 17.1. The van der Waals surface area contributed by atoms with Gasteiger partial charge in [0.1, 0.15) is 17.3 Å². The van der Waals surface area contributed by atoms with E-state index in [2.05, 4.69) is 21.5 Å². The molecule has 5 aromatic rings. The van der Waals surface area contributed by atoms with Gasteiger partial charge in [0.15, 0.2) is 0 Å². The third kappa shape index (κ3) is 3.04. The van der Waals surface area contributed by atoms with Gasteiger partial charge >= 0.3 is 0 Å². The second kappa shape index (κ2) is 7.89. The number of benzene rings is 3. The van der Waals surface area contributed by atoms with Crippen LogP contribution < -0.4 is 11.0 Å². The summed E-state index contributed by atoms with van der Waals surface area (Å²) in [6.07, 6.45) is 1.64. The Morgan fingerprint density at radius 3 is 1.78 bits per heavy atom. The molecule has 0 aliphatic rings. The number of rotatable bonds is 5. The quantitative estimate of drug-likeness (QED) is 0.421. The van der Waals surface area contributed by atoms with Crippen molar-refractivity contribution in [2.24, 2.45) is 0 Å². The van der Waals surface area contributed by atoms with Crippen LogP contribution >= 0.6 is 0 Å². The van der Waals surface area contributed by atoms with Crippen LogP contribution in [0.3, 0.4) is 0 Å². The van der Waals surface area contributed by atoms with Gasteiger partial charge in [-0.05, 0) is 22.8 Å². The molecule has 5 rings (SSSR count). The van der Waals surface area contributed by atoms with E-state index in [1.165, 1.54) is 4.68 Å². The van der Waals surface area contributed by atoms with Crippen molar-refractivity contribution in [2.45, 2.75) is 5.54 Å². The van der Waals surface area contributed by atoms with Gasteiger partial charge in [0, 0.05) is 6.20 Å². The van der Waals surface area contributed by atoms with Crippen molar-refractivity contribution in [3.05, 3.63) is 136 Å². The molecule has 0 bridgehead atoms. The maximum absolute atomic E-state index is 13.4. The van der Waals surface area contributed by atoms with E-state index in [9.17, 15) is 10.1 Å². The van der Waals surface area contributed by atoms with E-state index in [4.69, 9.17) is 0 Å². The average Bonchev–Trinajstić information content (AvgIpc) is 3.34. The van der Waals surface area contributed by atoms with Gasteiger partial charge in [-0.3, -0.25) is 4.79 Å². The highest BCUT2D eigenvalue weighted by atomic mass is 16.1. The fraction of sp³-hybridized carbons (Fsp3) is 0.0385. The molecule has 6 heteroatoms. The molecule has 2 heterocycles. The van der Waals surface area contributed by atoms with Crippen molar-refractivity contribution in [1.82, 2.24) is 14.6 Å². The number of aromatic amines is 1. The molecule has 3 aromatic carbocycles. The SMILES string of the molecule is N#Cc1nc2[nH]ccc2c(=O)n1NC(c1ccccc1)(c1ccccc1)c1ccccc1. The van der Waals surface area contributed by atoms with Crippen molar-refractivity contribution in [3.8, 4) is 6.07 Å². The molecule has 0 aliphatic carbocycles. The van der Waals surface area contributed by atoms with E-state index in [1.54, 1.807) is 12.3 Å². The van der Waals surface area contributed by atoms with Crippen LogP contribution in [0.25, 0.3) is 11.0 Å². The van der Waals surface area contributed by atoms with Crippen LogP contribution in [0.1, 0.15) is 22.5 Å². The number of nitriles is 1. The van der Waals surface area contributed by atoms with Crippen molar-refractivity contribution in [2.75, 3.05) is 5.43 Å². The van der Waals surface area contributed by atoms with Crippen LogP contribution in [-0.4, -0.2) is 14.6 Å². The number of aromatic nitrogens is 3. The molecule has 2 aromatic heterocycles. The Balaban J connectivity index is 1.86. The summed E-state index contributed by atoms with van der Waals surface area (Å²) in [4.78, 5) is 20.7. The minimum Gasteiger partial charge on any atom is -0.346 e. The van der Waals surface area contributed by atoms with Crippen LogP contribution in [0.4, 0.5) is 0 Å². The normalized spacial score (nSPS) is 11.2. The van der Waals surface area contributed by atoms with Gasteiger partial charge in [-0.15, -0.1) is 0 Å².